The van der Waals surface area contributed by atoms with E-state index in [1.165, 1.54) is 43.2 Å². The molecule has 0 unspecified atom stereocenters. The summed E-state index contributed by atoms with van der Waals surface area (Å²) in [5.41, 5.74) is 3.69. The largest absolute Gasteiger partial charge is 0.326 e. The van der Waals surface area contributed by atoms with E-state index in [0.717, 1.165) is 25.2 Å². The summed E-state index contributed by atoms with van der Waals surface area (Å²) in [7, 11) is 0. The molecule has 116 valence electrons. The van der Waals surface area contributed by atoms with Gasteiger partial charge in [0.25, 0.3) is 0 Å². The number of halogens is 1. The number of nitrogens with one attached hydrogen (secondary N) is 2. The molecule has 1 amide bonds. The van der Waals surface area contributed by atoms with Crippen LogP contribution in [0.1, 0.15) is 49.7 Å². The van der Waals surface area contributed by atoms with Gasteiger partial charge in [0.15, 0.2) is 0 Å². The Kier molecular flexibility index (Phi) is 6.07. The van der Waals surface area contributed by atoms with Gasteiger partial charge in [-0.05, 0) is 55.0 Å². The highest BCUT2D eigenvalue weighted by molar-refractivity contribution is 5.91. The second kappa shape index (κ2) is 7.81. The minimum absolute atomic E-state index is 0. The van der Waals surface area contributed by atoms with Crippen molar-refractivity contribution in [2.24, 2.45) is 5.92 Å². The van der Waals surface area contributed by atoms with Gasteiger partial charge in [-0.25, -0.2) is 0 Å². The smallest absolute Gasteiger partial charge is 0.224 e. The summed E-state index contributed by atoms with van der Waals surface area (Å²) in [5, 5.41) is 6.45. The van der Waals surface area contributed by atoms with Crippen LogP contribution in [-0.4, -0.2) is 12.5 Å². The number of fused-ring (bicyclic) bond motifs is 1. The molecular formula is C17H25ClN2O. The second-order valence-corrected chi connectivity index (χ2v) is 6.17. The van der Waals surface area contributed by atoms with Gasteiger partial charge < -0.3 is 10.6 Å². The third-order valence-corrected chi connectivity index (χ3v) is 4.58. The number of rotatable bonds is 3. The Balaban J connectivity index is 0.00000161. The Morgan fingerprint density at radius 1 is 1.19 bits per heavy atom. The molecule has 1 aromatic rings. The zero-order valence-corrected chi connectivity index (χ0v) is 13.3. The molecule has 3 rings (SSSR count). The first kappa shape index (κ1) is 16.3. The highest BCUT2D eigenvalue weighted by Crippen LogP contribution is 2.27. The van der Waals surface area contributed by atoms with Gasteiger partial charge in [0, 0.05) is 18.7 Å². The molecule has 0 saturated heterocycles. The van der Waals surface area contributed by atoms with E-state index in [1.54, 1.807) is 0 Å². The average molecular weight is 309 g/mol. The van der Waals surface area contributed by atoms with Crippen LogP contribution in [0.15, 0.2) is 18.2 Å². The van der Waals surface area contributed by atoms with Gasteiger partial charge in [0.2, 0.25) is 5.91 Å². The van der Waals surface area contributed by atoms with E-state index in [-0.39, 0.29) is 18.3 Å². The molecule has 1 fully saturated rings. The SMILES string of the molecule is Cl.O=C(CC1CCCCC1)Nc1ccc2c(c1)CNCC2. The molecule has 1 aliphatic carbocycles. The molecule has 1 aliphatic heterocycles. The normalized spacial score (nSPS) is 18.5. The Morgan fingerprint density at radius 3 is 2.81 bits per heavy atom. The van der Waals surface area contributed by atoms with Crippen molar-refractivity contribution in [3.05, 3.63) is 29.3 Å². The quantitative estimate of drug-likeness (QED) is 0.894. The van der Waals surface area contributed by atoms with Crippen molar-refractivity contribution in [2.45, 2.75) is 51.5 Å². The van der Waals surface area contributed by atoms with Gasteiger partial charge in [0.05, 0.1) is 0 Å². The first-order valence-corrected chi connectivity index (χ1v) is 7.93. The van der Waals surface area contributed by atoms with Crippen molar-refractivity contribution in [1.29, 1.82) is 0 Å². The van der Waals surface area contributed by atoms with E-state index in [9.17, 15) is 4.79 Å². The topological polar surface area (TPSA) is 41.1 Å². The third kappa shape index (κ3) is 4.45. The predicted molar refractivity (Wildman–Crippen MR) is 88.9 cm³/mol. The summed E-state index contributed by atoms with van der Waals surface area (Å²) < 4.78 is 0. The lowest BCUT2D eigenvalue weighted by Crippen LogP contribution is -2.24. The monoisotopic (exact) mass is 308 g/mol. The third-order valence-electron chi connectivity index (χ3n) is 4.58. The lowest BCUT2D eigenvalue weighted by Gasteiger charge is -2.21. The highest BCUT2D eigenvalue weighted by Gasteiger charge is 2.17. The van der Waals surface area contributed by atoms with E-state index < -0.39 is 0 Å². The fraction of sp³-hybridized carbons (Fsp3) is 0.588. The number of benzene rings is 1. The molecule has 1 saturated carbocycles. The zero-order chi connectivity index (χ0) is 13.8. The van der Waals surface area contributed by atoms with Gasteiger partial charge >= 0.3 is 0 Å². The predicted octanol–water partition coefficient (Wildman–Crippen LogP) is 3.66. The number of hydrogen-bond acceptors (Lipinski definition) is 2. The first-order valence-electron chi connectivity index (χ1n) is 7.93. The maximum absolute atomic E-state index is 12.1. The van der Waals surface area contributed by atoms with Crippen LogP contribution < -0.4 is 10.6 Å². The van der Waals surface area contributed by atoms with E-state index in [1.807, 2.05) is 6.07 Å². The summed E-state index contributed by atoms with van der Waals surface area (Å²) in [5.74, 6) is 0.781. The number of anilines is 1. The molecule has 1 heterocycles. The van der Waals surface area contributed by atoms with Gasteiger partial charge in [-0.3, -0.25) is 4.79 Å². The first-order chi connectivity index (χ1) is 9.81. The van der Waals surface area contributed by atoms with Gasteiger partial charge in [0.1, 0.15) is 0 Å². The zero-order valence-electron chi connectivity index (χ0n) is 12.5. The summed E-state index contributed by atoms with van der Waals surface area (Å²) in [6.45, 7) is 1.97. The van der Waals surface area contributed by atoms with Gasteiger partial charge in [-0.15, -0.1) is 12.4 Å². The molecule has 2 N–H and O–H groups in total. The summed E-state index contributed by atoms with van der Waals surface area (Å²) in [6.07, 6.45) is 8.16. The van der Waals surface area contributed by atoms with Crippen LogP contribution in [-0.2, 0) is 17.8 Å². The molecule has 0 spiro atoms. The molecule has 1 aromatic carbocycles. The number of hydrogen-bond donors (Lipinski definition) is 2. The van der Waals surface area contributed by atoms with Crippen molar-refractivity contribution < 1.29 is 4.79 Å². The van der Waals surface area contributed by atoms with E-state index in [2.05, 4.69) is 22.8 Å². The Labute approximate surface area is 133 Å². The second-order valence-electron chi connectivity index (χ2n) is 6.17. The van der Waals surface area contributed by atoms with Gasteiger partial charge in [-0.1, -0.05) is 25.3 Å². The number of carbonyl (C=O) groups is 1. The number of amides is 1. The van der Waals surface area contributed by atoms with Crippen LogP contribution in [0.4, 0.5) is 5.69 Å². The van der Waals surface area contributed by atoms with Crippen molar-refractivity contribution in [3.8, 4) is 0 Å². The summed E-state index contributed by atoms with van der Waals surface area (Å²) in [6, 6.07) is 6.33. The minimum Gasteiger partial charge on any atom is -0.326 e. The lowest BCUT2D eigenvalue weighted by molar-refractivity contribution is -0.117. The minimum atomic E-state index is 0. The van der Waals surface area contributed by atoms with Crippen molar-refractivity contribution in [1.82, 2.24) is 5.32 Å². The maximum Gasteiger partial charge on any atom is 0.224 e. The van der Waals surface area contributed by atoms with Crippen LogP contribution in [0.2, 0.25) is 0 Å². The van der Waals surface area contributed by atoms with Crippen molar-refractivity contribution >= 4 is 24.0 Å². The molecule has 0 radical (unpaired) electrons. The fourth-order valence-corrected chi connectivity index (χ4v) is 3.42. The molecule has 0 atom stereocenters. The molecule has 4 heteroatoms. The fourth-order valence-electron chi connectivity index (χ4n) is 3.42. The van der Waals surface area contributed by atoms with Crippen LogP contribution in [0.5, 0.6) is 0 Å². The Morgan fingerprint density at radius 2 is 2.00 bits per heavy atom. The van der Waals surface area contributed by atoms with Crippen LogP contribution >= 0.6 is 12.4 Å². The molecule has 3 nitrogen and oxygen atoms in total. The maximum atomic E-state index is 12.1. The van der Waals surface area contributed by atoms with Crippen LogP contribution in [0, 0.1) is 5.92 Å². The van der Waals surface area contributed by atoms with E-state index in [4.69, 9.17) is 0 Å². The highest BCUT2D eigenvalue weighted by atomic mass is 35.5. The Bertz CT molecular complexity index is 484. The van der Waals surface area contributed by atoms with Crippen LogP contribution in [0.3, 0.4) is 0 Å². The Hall–Kier alpha value is -1.06. The number of carbonyl (C=O) groups excluding carboxylic acids is 1. The summed E-state index contributed by atoms with van der Waals surface area (Å²) >= 11 is 0. The van der Waals surface area contributed by atoms with Crippen molar-refractivity contribution in [3.63, 3.8) is 0 Å². The molecular weight excluding hydrogens is 284 g/mol. The molecule has 0 bridgehead atoms. The average Bonchev–Trinajstić information content (AvgIpc) is 2.48. The standard InChI is InChI=1S/C17H24N2O.ClH/c20-17(10-13-4-2-1-3-5-13)19-16-7-6-14-8-9-18-12-15(14)11-16;/h6-7,11,13,18H,1-5,8-10,12H2,(H,19,20);1H. The van der Waals surface area contributed by atoms with Crippen molar-refractivity contribution in [2.75, 3.05) is 11.9 Å². The van der Waals surface area contributed by atoms with Gasteiger partial charge in [-0.2, -0.15) is 0 Å². The van der Waals surface area contributed by atoms with E-state index >= 15 is 0 Å². The lowest BCUT2D eigenvalue weighted by atomic mass is 9.87. The van der Waals surface area contributed by atoms with Crippen LogP contribution in [0.25, 0.3) is 0 Å². The molecule has 0 aromatic heterocycles. The van der Waals surface area contributed by atoms with E-state index in [0.29, 0.717) is 12.3 Å². The molecule has 2 aliphatic rings. The summed E-state index contributed by atoms with van der Waals surface area (Å²) in [4.78, 5) is 12.1. The molecule has 21 heavy (non-hydrogen) atoms.